The zero-order valence-corrected chi connectivity index (χ0v) is 20.9. The number of aromatic nitrogens is 2. The molecule has 0 bridgehead atoms. The molecule has 0 aliphatic rings. The monoisotopic (exact) mass is 547 g/mol. The first-order chi connectivity index (χ1) is 18.3. The predicted octanol–water partition coefficient (Wildman–Crippen LogP) is 4.41. The molecule has 2 aromatic carbocycles. The van der Waals surface area contributed by atoms with E-state index in [4.69, 9.17) is 20.1 Å². The average molecular weight is 548 g/mol. The minimum Gasteiger partial charge on any atom is -0.475 e. The number of nitrogens with two attached hydrogens (primary N) is 1. The smallest absolute Gasteiger partial charge is 0.475 e. The largest absolute Gasteiger partial charge is 0.490 e. The summed E-state index contributed by atoms with van der Waals surface area (Å²) in [5, 5.41) is 7.12. The molecule has 0 saturated heterocycles. The zero-order chi connectivity index (χ0) is 28.9. The summed E-state index contributed by atoms with van der Waals surface area (Å²) in [6, 6.07) is 18.3. The van der Waals surface area contributed by atoms with Crippen molar-refractivity contribution in [1.29, 1.82) is 0 Å². The van der Waals surface area contributed by atoms with Crippen LogP contribution in [-0.4, -0.2) is 26.4 Å². The highest BCUT2D eigenvalue weighted by atomic mass is 19.4. The second-order valence-corrected chi connectivity index (χ2v) is 8.56. The molecule has 0 radical (unpaired) electrons. The number of nitrogens with zero attached hydrogens (tertiary/aromatic N) is 2. The highest BCUT2D eigenvalue weighted by Gasteiger charge is 2.38. The molecule has 0 aliphatic heterocycles. The van der Waals surface area contributed by atoms with Gasteiger partial charge < -0.3 is 15.3 Å². The molecule has 8 nitrogen and oxygen atoms in total. The summed E-state index contributed by atoms with van der Waals surface area (Å²) in [5.74, 6) is -2.03. The highest BCUT2D eigenvalue weighted by Crippen LogP contribution is 2.23. The molecule has 2 heterocycles. The molecule has 1 atom stereocenters. The standard InChI is InChI=1S/C25H24FN3O3.C2HF3O2/c1-16-12-13-19(32-16)14-28-17(2)23(20-10-6-7-11-21(20)26)24(30)29(25(28)31)15-22(27)18-8-4-3-5-9-18;3-2(4,5)1(6)7/h3-13,22H,14-15,27H2,1-2H3;(H,6,7)/t22-;/m0./s1. The fraction of sp³-hybridized carbons (Fsp3) is 0.222. The second-order valence-electron chi connectivity index (χ2n) is 8.56. The third-order valence-corrected chi connectivity index (χ3v) is 5.79. The molecule has 0 spiro atoms. The van der Waals surface area contributed by atoms with Crippen LogP contribution in [0.15, 0.2) is 80.7 Å². The van der Waals surface area contributed by atoms with E-state index in [0.29, 0.717) is 17.2 Å². The quantitative estimate of drug-likeness (QED) is 0.345. The molecule has 4 aromatic rings. The van der Waals surface area contributed by atoms with Crippen molar-refractivity contribution in [3.63, 3.8) is 0 Å². The van der Waals surface area contributed by atoms with Gasteiger partial charge in [-0.2, -0.15) is 13.2 Å². The molecule has 3 N–H and O–H groups in total. The summed E-state index contributed by atoms with van der Waals surface area (Å²) in [5.41, 5.74) is 6.66. The average Bonchev–Trinajstić information content (AvgIpc) is 3.30. The lowest BCUT2D eigenvalue weighted by Crippen LogP contribution is -2.44. The normalized spacial score (nSPS) is 12.0. The minimum absolute atomic E-state index is 0.0411. The van der Waals surface area contributed by atoms with E-state index in [1.165, 1.54) is 16.7 Å². The Hall–Kier alpha value is -4.45. The molecule has 0 aliphatic carbocycles. The SMILES string of the molecule is Cc1ccc(Cn2c(C)c(-c3ccccc3F)c(=O)n(C[C@H](N)c3ccccc3)c2=O)o1.O=C(O)C(F)(F)F. The molecule has 0 amide bonds. The number of aryl methyl sites for hydroxylation is 1. The topological polar surface area (TPSA) is 120 Å². The lowest BCUT2D eigenvalue weighted by molar-refractivity contribution is -0.192. The second kappa shape index (κ2) is 11.9. The fourth-order valence-corrected chi connectivity index (χ4v) is 3.85. The van der Waals surface area contributed by atoms with Crippen LogP contribution in [0, 0.1) is 19.7 Å². The van der Waals surface area contributed by atoms with Crippen molar-refractivity contribution in [2.75, 3.05) is 0 Å². The Bertz CT molecular complexity index is 1570. The maximum absolute atomic E-state index is 14.7. The first kappa shape index (κ1) is 29.1. The summed E-state index contributed by atoms with van der Waals surface area (Å²) in [7, 11) is 0. The van der Waals surface area contributed by atoms with E-state index >= 15 is 0 Å². The number of hydrogen-bond acceptors (Lipinski definition) is 5. The van der Waals surface area contributed by atoms with Crippen molar-refractivity contribution in [1.82, 2.24) is 9.13 Å². The van der Waals surface area contributed by atoms with Crippen molar-refractivity contribution >= 4 is 5.97 Å². The summed E-state index contributed by atoms with van der Waals surface area (Å²) in [6.07, 6.45) is -5.08. The fourth-order valence-electron chi connectivity index (χ4n) is 3.85. The van der Waals surface area contributed by atoms with Gasteiger partial charge in [0.05, 0.1) is 18.7 Å². The van der Waals surface area contributed by atoms with Crippen molar-refractivity contribution in [3.05, 3.63) is 116 Å². The number of benzene rings is 2. The van der Waals surface area contributed by atoms with Crippen LogP contribution in [0.5, 0.6) is 0 Å². The van der Waals surface area contributed by atoms with Crippen molar-refractivity contribution < 1.29 is 31.9 Å². The molecular formula is C27H25F4N3O5. The van der Waals surface area contributed by atoms with Gasteiger partial charge in [-0.05, 0) is 37.6 Å². The van der Waals surface area contributed by atoms with Crippen molar-refractivity contribution in [2.24, 2.45) is 5.73 Å². The van der Waals surface area contributed by atoms with E-state index in [1.54, 1.807) is 31.2 Å². The van der Waals surface area contributed by atoms with Gasteiger partial charge in [-0.3, -0.25) is 13.9 Å². The third-order valence-electron chi connectivity index (χ3n) is 5.79. The van der Waals surface area contributed by atoms with Crippen LogP contribution >= 0.6 is 0 Å². The summed E-state index contributed by atoms with van der Waals surface area (Å²) in [6.45, 7) is 3.52. The van der Waals surface area contributed by atoms with Crippen LogP contribution in [0.2, 0.25) is 0 Å². The first-order valence-electron chi connectivity index (χ1n) is 11.6. The number of carboxylic acids is 1. The number of halogens is 4. The van der Waals surface area contributed by atoms with E-state index in [0.717, 1.165) is 10.1 Å². The van der Waals surface area contributed by atoms with E-state index < -0.39 is 35.3 Å². The number of rotatable bonds is 6. The molecule has 0 saturated carbocycles. The Morgan fingerprint density at radius 1 is 0.974 bits per heavy atom. The Morgan fingerprint density at radius 2 is 1.56 bits per heavy atom. The zero-order valence-electron chi connectivity index (χ0n) is 20.9. The van der Waals surface area contributed by atoms with Crippen LogP contribution in [0.25, 0.3) is 11.1 Å². The first-order valence-corrected chi connectivity index (χ1v) is 11.6. The van der Waals surface area contributed by atoms with Crippen molar-refractivity contribution in [3.8, 4) is 11.1 Å². The summed E-state index contributed by atoms with van der Waals surface area (Å²) >= 11 is 0. The van der Waals surface area contributed by atoms with Crippen LogP contribution in [0.3, 0.4) is 0 Å². The van der Waals surface area contributed by atoms with Gasteiger partial charge in [0.25, 0.3) is 5.56 Å². The molecule has 4 rings (SSSR count). The van der Waals surface area contributed by atoms with Gasteiger partial charge in [0.15, 0.2) is 0 Å². The van der Waals surface area contributed by atoms with Crippen LogP contribution in [0.1, 0.15) is 28.8 Å². The molecular weight excluding hydrogens is 522 g/mol. The van der Waals surface area contributed by atoms with E-state index in [2.05, 4.69) is 0 Å². The number of carboxylic acid groups (broad SMARTS) is 1. The maximum atomic E-state index is 14.7. The Kier molecular flexibility index (Phi) is 8.92. The molecule has 0 unspecified atom stereocenters. The third kappa shape index (κ3) is 6.90. The van der Waals surface area contributed by atoms with E-state index in [1.807, 2.05) is 37.3 Å². The summed E-state index contributed by atoms with van der Waals surface area (Å²) in [4.78, 5) is 35.7. The van der Waals surface area contributed by atoms with Gasteiger partial charge in [0.1, 0.15) is 17.3 Å². The number of hydrogen-bond donors (Lipinski definition) is 2. The number of alkyl halides is 3. The van der Waals surface area contributed by atoms with Gasteiger partial charge in [-0.15, -0.1) is 0 Å². The molecule has 0 fully saturated rings. The Labute approximate surface area is 219 Å². The van der Waals surface area contributed by atoms with E-state index in [-0.39, 0.29) is 24.2 Å². The van der Waals surface area contributed by atoms with Gasteiger partial charge in [-0.25, -0.2) is 14.0 Å². The molecule has 12 heteroatoms. The maximum Gasteiger partial charge on any atom is 0.490 e. The van der Waals surface area contributed by atoms with E-state index in [9.17, 15) is 27.2 Å². The van der Waals surface area contributed by atoms with Gasteiger partial charge in [0, 0.05) is 17.3 Å². The van der Waals surface area contributed by atoms with Gasteiger partial charge >= 0.3 is 17.8 Å². The number of furan rings is 1. The molecule has 206 valence electrons. The summed E-state index contributed by atoms with van der Waals surface area (Å²) < 4.78 is 54.6. The lowest BCUT2D eigenvalue weighted by Gasteiger charge is -2.19. The molecule has 2 aromatic heterocycles. The molecule has 39 heavy (non-hydrogen) atoms. The predicted molar refractivity (Wildman–Crippen MR) is 135 cm³/mol. The minimum atomic E-state index is -5.08. The number of aliphatic carboxylic acids is 1. The number of carbonyl (C=O) groups is 1. The van der Waals surface area contributed by atoms with Crippen LogP contribution < -0.4 is 17.0 Å². The van der Waals surface area contributed by atoms with Crippen LogP contribution in [-0.2, 0) is 17.9 Å². The van der Waals surface area contributed by atoms with Gasteiger partial charge in [0.2, 0.25) is 0 Å². The Balaban J connectivity index is 0.000000532. The highest BCUT2D eigenvalue weighted by molar-refractivity contribution is 5.73. The van der Waals surface area contributed by atoms with Gasteiger partial charge in [-0.1, -0.05) is 48.5 Å². The lowest BCUT2D eigenvalue weighted by atomic mass is 10.0. The van der Waals surface area contributed by atoms with Crippen molar-refractivity contribution in [2.45, 2.75) is 39.2 Å². The Morgan fingerprint density at radius 3 is 2.10 bits per heavy atom. The van der Waals surface area contributed by atoms with Crippen LogP contribution in [0.4, 0.5) is 17.6 Å².